The van der Waals surface area contributed by atoms with Gasteiger partial charge in [-0.3, -0.25) is 0 Å². The molecule has 1 aliphatic rings. The summed E-state index contributed by atoms with van der Waals surface area (Å²) < 4.78 is 36.5. The number of hydrogen-bond acceptors (Lipinski definition) is 4. The van der Waals surface area contributed by atoms with Crippen molar-refractivity contribution < 1.29 is 27.8 Å². The van der Waals surface area contributed by atoms with Gasteiger partial charge >= 0.3 is 12.1 Å². The van der Waals surface area contributed by atoms with Gasteiger partial charge in [0, 0.05) is 6.20 Å². The summed E-state index contributed by atoms with van der Waals surface area (Å²) in [4.78, 5) is 12.5. The van der Waals surface area contributed by atoms with E-state index in [1.165, 1.54) is 0 Å². The van der Waals surface area contributed by atoms with Crippen molar-refractivity contribution in [3.63, 3.8) is 0 Å². The van der Waals surface area contributed by atoms with E-state index >= 15 is 0 Å². The van der Waals surface area contributed by atoms with E-state index < -0.39 is 12.1 Å². The van der Waals surface area contributed by atoms with E-state index in [0.29, 0.717) is 6.61 Å². The number of hydrogen-bond donors (Lipinski definition) is 2. The maximum Gasteiger partial charge on any atom is 0.490 e. The van der Waals surface area contributed by atoms with Gasteiger partial charge in [0.2, 0.25) is 0 Å². The van der Waals surface area contributed by atoms with Crippen LogP contribution in [0.25, 0.3) is 0 Å². The second-order valence-electron chi connectivity index (χ2n) is 1.97. The standard InChI is InChI=1S/C4H6N2O.C2HF3O2/c5-4-6-2-1-3-7-4;3-2(4,5)1(6)7/h1-2H,3H2,(H2,5,6);(H,6,7). The molecule has 0 aromatic carbocycles. The molecule has 5 nitrogen and oxygen atoms in total. The number of rotatable bonds is 0. The summed E-state index contributed by atoms with van der Waals surface area (Å²) >= 11 is 0. The van der Waals surface area contributed by atoms with Crippen LogP contribution < -0.4 is 5.73 Å². The SMILES string of the molecule is NC1=NC=CCO1.O=C(O)C(F)(F)F. The second-order valence-corrected chi connectivity index (χ2v) is 1.97. The first-order valence-corrected chi connectivity index (χ1v) is 3.25. The number of ether oxygens (including phenoxy) is 1. The lowest BCUT2D eigenvalue weighted by Crippen LogP contribution is -2.21. The maximum atomic E-state index is 10.6. The fourth-order valence-corrected chi connectivity index (χ4v) is 0.340. The highest BCUT2D eigenvalue weighted by Crippen LogP contribution is 2.13. The number of nitrogens with two attached hydrogens (primary N) is 1. The first kappa shape index (κ1) is 12.3. The number of carbonyl (C=O) groups is 1. The van der Waals surface area contributed by atoms with Gasteiger partial charge in [-0.1, -0.05) is 0 Å². The van der Waals surface area contributed by atoms with E-state index in [1.807, 2.05) is 0 Å². The molecule has 0 amide bonds. The molecule has 0 spiro atoms. The highest BCUT2D eigenvalue weighted by atomic mass is 19.4. The number of carboxylic acid groups (broad SMARTS) is 1. The zero-order chi connectivity index (χ0) is 11.2. The molecule has 80 valence electrons. The summed E-state index contributed by atoms with van der Waals surface area (Å²) in [6.45, 7) is 0.551. The zero-order valence-corrected chi connectivity index (χ0v) is 6.78. The number of carboxylic acids is 1. The first-order chi connectivity index (χ1) is 6.34. The van der Waals surface area contributed by atoms with Crippen LogP contribution in [0, 0.1) is 0 Å². The maximum absolute atomic E-state index is 10.6. The summed E-state index contributed by atoms with van der Waals surface area (Å²) in [5.74, 6) is -2.76. The van der Waals surface area contributed by atoms with Gasteiger partial charge in [0.1, 0.15) is 6.61 Å². The lowest BCUT2D eigenvalue weighted by atomic mass is 10.6. The molecule has 1 aliphatic heterocycles. The number of alkyl halides is 3. The van der Waals surface area contributed by atoms with Gasteiger partial charge in [-0.15, -0.1) is 0 Å². The Kier molecular flexibility index (Phi) is 4.47. The topological polar surface area (TPSA) is 84.9 Å². The minimum atomic E-state index is -5.08. The Labute approximate surface area is 76.7 Å². The highest BCUT2D eigenvalue weighted by Gasteiger charge is 2.38. The summed E-state index contributed by atoms with van der Waals surface area (Å²) in [7, 11) is 0. The summed E-state index contributed by atoms with van der Waals surface area (Å²) in [5, 5.41) is 7.12. The normalized spacial score (nSPS) is 14.6. The Morgan fingerprint density at radius 3 is 2.29 bits per heavy atom. The van der Waals surface area contributed by atoms with Crippen molar-refractivity contribution in [3.8, 4) is 0 Å². The number of aliphatic imine (C=N–C) groups is 1. The van der Waals surface area contributed by atoms with Gasteiger partial charge in [-0.2, -0.15) is 13.2 Å². The summed E-state index contributed by atoms with van der Waals surface area (Å²) in [6.07, 6.45) is -1.67. The fourth-order valence-electron chi connectivity index (χ4n) is 0.340. The van der Waals surface area contributed by atoms with Crippen molar-refractivity contribution in [2.45, 2.75) is 6.18 Å². The zero-order valence-electron chi connectivity index (χ0n) is 6.78. The Morgan fingerprint density at radius 1 is 1.64 bits per heavy atom. The molecule has 1 rings (SSSR count). The molecule has 0 radical (unpaired) electrons. The van der Waals surface area contributed by atoms with E-state index in [2.05, 4.69) is 4.99 Å². The van der Waals surface area contributed by atoms with Crippen LogP contribution in [-0.2, 0) is 9.53 Å². The van der Waals surface area contributed by atoms with Crippen molar-refractivity contribution >= 4 is 12.0 Å². The molecule has 8 heteroatoms. The smallest absolute Gasteiger partial charge is 0.475 e. The Bertz CT molecular complexity index is 260. The molecule has 0 fully saturated rings. The number of aliphatic carboxylic acids is 1. The Morgan fingerprint density at radius 2 is 2.14 bits per heavy atom. The number of halogens is 3. The highest BCUT2D eigenvalue weighted by molar-refractivity contribution is 5.73. The molecule has 3 N–H and O–H groups in total. The summed E-state index contributed by atoms with van der Waals surface area (Å²) in [5.41, 5.74) is 5.11. The van der Waals surface area contributed by atoms with Gasteiger partial charge in [-0.25, -0.2) is 9.79 Å². The third-order valence-corrected chi connectivity index (χ3v) is 0.877. The molecule has 1 heterocycles. The molecule has 0 aromatic heterocycles. The predicted octanol–water partition coefficient (Wildman–Crippen LogP) is 0.478. The van der Waals surface area contributed by atoms with Gasteiger partial charge in [0.15, 0.2) is 0 Å². The third-order valence-electron chi connectivity index (χ3n) is 0.877. The molecular formula is C6H7F3N2O3. The largest absolute Gasteiger partial charge is 0.490 e. The van der Waals surface area contributed by atoms with Gasteiger partial charge in [0.25, 0.3) is 6.02 Å². The van der Waals surface area contributed by atoms with Crippen molar-refractivity contribution in [3.05, 3.63) is 12.3 Å². The van der Waals surface area contributed by atoms with Crippen molar-refractivity contribution in [2.75, 3.05) is 6.61 Å². The quantitative estimate of drug-likeness (QED) is 0.611. The molecule has 0 aliphatic carbocycles. The molecule has 0 bridgehead atoms. The van der Waals surface area contributed by atoms with E-state index in [-0.39, 0.29) is 6.02 Å². The second kappa shape index (κ2) is 5.10. The lowest BCUT2D eigenvalue weighted by Gasteiger charge is -2.01. The third kappa shape index (κ3) is 5.86. The van der Waals surface area contributed by atoms with Gasteiger partial charge < -0.3 is 15.6 Å². The Balaban J connectivity index is 0.000000241. The molecule has 0 atom stereocenters. The molecule has 0 aromatic rings. The molecule has 0 saturated carbocycles. The molecule has 14 heavy (non-hydrogen) atoms. The average Bonchev–Trinajstić information content (AvgIpc) is 2.04. The van der Waals surface area contributed by atoms with Crippen LogP contribution >= 0.6 is 0 Å². The number of amidine groups is 1. The number of nitrogens with zero attached hydrogens (tertiary/aromatic N) is 1. The van der Waals surface area contributed by atoms with Crippen LogP contribution in [0.15, 0.2) is 17.3 Å². The Hall–Kier alpha value is -1.73. The van der Waals surface area contributed by atoms with Crippen molar-refractivity contribution in [1.82, 2.24) is 0 Å². The van der Waals surface area contributed by atoms with E-state index in [1.54, 1.807) is 12.3 Å². The van der Waals surface area contributed by atoms with Crippen LogP contribution in [0.4, 0.5) is 13.2 Å². The summed E-state index contributed by atoms with van der Waals surface area (Å²) in [6, 6.07) is 0.252. The van der Waals surface area contributed by atoms with Crippen LogP contribution in [0.2, 0.25) is 0 Å². The molecule has 0 unspecified atom stereocenters. The van der Waals surface area contributed by atoms with Gasteiger partial charge in [0.05, 0.1) is 0 Å². The van der Waals surface area contributed by atoms with Crippen LogP contribution in [0.1, 0.15) is 0 Å². The van der Waals surface area contributed by atoms with Crippen molar-refractivity contribution in [2.24, 2.45) is 10.7 Å². The van der Waals surface area contributed by atoms with E-state index in [4.69, 9.17) is 20.4 Å². The first-order valence-electron chi connectivity index (χ1n) is 3.25. The van der Waals surface area contributed by atoms with E-state index in [9.17, 15) is 13.2 Å². The average molecular weight is 212 g/mol. The van der Waals surface area contributed by atoms with Crippen LogP contribution in [0.3, 0.4) is 0 Å². The lowest BCUT2D eigenvalue weighted by molar-refractivity contribution is -0.192. The molecular weight excluding hydrogens is 205 g/mol. The van der Waals surface area contributed by atoms with Crippen LogP contribution in [-0.4, -0.2) is 29.9 Å². The fraction of sp³-hybridized carbons (Fsp3) is 0.333. The minimum Gasteiger partial charge on any atom is -0.475 e. The molecule has 0 saturated heterocycles. The monoisotopic (exact) mass is 212 g/mol. The van der Waals surface area contributed by atoms with Gasteiger partial charge in [-0.05, 0) is 6.08 Å². The predicted molar refractivity (Wildman–Crippen MR) is 40.4 cm³/mol. The van der Waals surface area contributed by atoms with E-state index in [0.717, 1.165) is 0 Å². The van der Waals surface area contributed by atoms with Crippen LogP contribution in [0.5, 0.6) is 0 Å². The minimum absolute atomic E-state index is 0.252. The van der Waals surface area contributed by atoms with Crippen molar-refractivity contribution in [1.29, 1.82) is 0 Å².